The van der Waals surface area contributed by atoms with Gasteiger partial charge in [0.2, 0.25) is 0 Å². The highest BCUT2D eigenvalue weighted by Crippen LogP contribution is 2.22. The highest BCUT2D eigenvalue weighted by Gasteiger charge is 2.12. The molecule has 3 nitrogen and oxygen atoms in total. The molecule has 0 aliphatic heterocycles. The number of amides is 1. The lowest BCUT2D eigenvalue weighted by Crippen LogP contribution is -2.15. The Morgan fingerprint density at radius 1 is 1.21 bits per heavy atom. The molecular formula is C16H18N2O. The van der Waals surface area contributed by atoms with E-state index in [-0.39, 0.29) is 5.91 Å². The summed E-state index contributed by atoms with van der Waals surface area (Å²) in [4.78, 5) is 16.3. The minimum atomic E-state index is -0.102. The first-order valence-electron chi connectivity index (χ1n) is 6.44. The van der Waals surface area contributed by atoms with Gasteiger partial charge in [0, 0.05) is 18.1 Å². The zero-order chi connectivity index (χ0) is 13.8. The van der Waals surface area contributed by atoms with Crippen molar-refractivity contribution in [3.05, 3.63) is 58.9 Å². The molecule has 0 unspecified atom stereocenters. The van der Waals surface area contributed by atoms with Gasteiger partial charge in [-0.25, -0.2) is 0 Å². The second kappa shape index (κ2) is 5.65. The van der Waals surface area contributed by atoms with Gasteiger partial charge < -0.3 is 5.32 Å². The van der Waals surface area contributed by atoms with Crippen molar-refractivity contribution in [2.24, 2.45) is 0 Å². The molecule has 2 rings (SSSR count). The Hall–Kier alpha value is -2.16. The molecule has 98 valence electrons. The molecule has 0 spiro atoms. The van der Waals surface area contributed by atoms with E-state index in [0.29, 0.717) is 5.56 Å². The summed E-state index contributed by atoms with van der Waals surface area (Å²) in [6.07, 6.45) is 4.19. The van der Waals surface area contributed by atoms with Crippen LogP contribution in [0.3, 0.4) is 0 Å². The Kier molecular flexibility index (Phi) is 3.95. The number of pyridine rings is 1. The molecule has 0 fully saturated rings. The molecule has 0 saturated carbocycles. The molecule has 1 aromatic heterocycles. The molecule has 2 aromatic rings. The number of rotatable bonds is 3. The zero-order valence-corrected chi connectivity index (χ0v) is 11.5. The Labute approximate surface area is 113 Å². The van der Waals surface area contributed by atoms with Crippen LogP contribution in [0.5, 0.6) is 0 Å². The second-order valence-electron chi connectivity index (χ2n) is 4.61. The summed E-state index contributed by atoms with van der Waals surface area (Å²) in [5.41, 5.74) is 4.69. The van der Waals surface area contributed by atoms with Crippen LogP contribution in [0.4, 0.5) is 5.69 Å². The number of carbonyl (C=O) groups is 1. The average Bonchev–Trinajstić information content (AvgIpc) is 2.41. The van der Waals surface area contributed by atoms with Crippen LogP contribution in [-0.4, -0.2) is 10.9 Å². The third kappa shape index (κ3) is 2.81. The summed E-state index contributed by atoms with van der Waals surface area (Å²) in [6.45, 7) is 6.00. The standard InChI is InChI=1S/C16H18N2O/c1-4-13-7-5-6-12(3)15(13)18-16(19)14-10-17-9-8-11(14)2/h5-10H,4H2,1-3H3,(H,18,19). The van der Waals surface area contributed by atoms with E-state index in [9.17, 15) is 4.79 Å². The van der Waals surface area contributed by atoms with Gasteiger partial charge in [-0.3, -0.25) is 9.78 Å². The van der Waals surface area contributed by atoms with Crippen LogP contribution in [0, 0.1) is 13.8 Å². The van der Waals surface area contributed by atoms with E-state index in [1.807, 2.05) is 38.1 Å². The van der Waals surface area contributed by atoms with E-state index in [2.05, 4.69) is 17.2 Å². The first kappa shape index (κ1) is 13.3. The number of aromatic nitrogens is 1. The summed E-state index contributed by atoms with van der Waals surface area (Å²) >= 11 is 0. The SMILES string of the molecule is CCc1cccc(C)c1NC(=O)c1cnccc1C. The Balaban J connectivity index is 2.32. The van der Waals surface area contributed by atoms with Crippen molar-refractivity contribution in [1.82, 2.24) is 4.98 Å². The average molecular weight is 254 g/mol. The minimum absolute atomic E-state index is 0.102. The Bertz CT molecular complexity index is 605. The fourth-order valence-electron chi connectivity index (χ4n) is 2.08. The number of anilines is 1. The van der Waals surface area contributed by atoms with E-state index < -0.39 is 0 Å². The van der Waals surface area contributed by atoms with Crippen molar-refractivity contribution in [3.63, 3.8) is 0 Å². The fraction of sp³-hybridized carbons (Fsp3) is 0.250. The first-order valence-corrected chi connectivity index (χ1v) is 6.44. The highest BCUT2D eigenvalue weighted by atomic mass is 16.1. The van der Waals surface area contributed by atoms with Crippen molar-refractivity contribution >= 4 is 11.6 Å². The van der Waals surface area contributed by atoms with Gasteiger partial charge in [0.05, 0.1) is 5.56 Å². The third-order valence-electron chi connectivity index (χ3n) is 3.26. The van der Waals surface area contributed by atoms with Gasteiger partial charge in [0.1, 0.15) is 0 Å². The molecule has 0 radical (unpaired) electrons. The molecule has 0 aliphatic carbocycles. The van der Waals surface area contributed by atoms with Gasteiger partial charge in [0.25, 0.3) is 5.91 Å². The zero-order valence-electron chi connectivity index (χ0n) is 11.5. The fourth-order valence-corrected chi connectivity index (χ4v) is 2.08. The topological polar surface area (TPSA) is 42.0 Å². The lowest BCUT2D eigenvalue weighted by Gasteiger charge is -2.13. The third-order valence-corrected chi connectivity index (χ3v) is 3.26. The maximum absolute atomic E-state index is 12.3. The molecule has 0 saturated heterocycles. The number of hydrogen-bond acceptors (Lipinski definition) is 2. The van der Waals surface area contributed by atoms with Gasteiger partial charge in [-0.15, -0.1) is 0 Å². The summed E-state index contributed by atoms with van der Waals surface area (Å²) in [6, 6.07) is 7.90. The van der Waals surface area contributed by atoms with Crippen LogP contribution in [-0.2, 0) is 6.42 Å². The molecule has 1 N–H and O–H groups in total. The van der Waals surface area contributed by atoms with Crippen LogP contribution >= 0.6 is 0 Å². The van der Waals surface area contributed by atoms with Crippen molar-refractivity contribution < 1.29 is 4.79 Å². The molecule has 0 bridgehead atoms. The van der Waals surface area contributed by atoms with E-state index in [0.717, 1.165) is 28.8 Å². The predicted molar refractivity (Wildman–Crippen MR) is 77.5 cm³/mol. The summed E-state index contributed by atoms with van der Waals surface area (Å²) in [5.74, 6) is -0.102. The maximum Gasteiger partial charge on any atom is 0.257 e. The van der Waals surface area contributed by atoms with Crippen LogP contribution in [0.2, 0.25) is 0 Å². The lowest BCUT2D eigenvalue weighted by molar-refractivity contribution is 0.102. The summed E-state index contributed by atoms with van der Waals surface area (Å²) < 4.78 is 0. The quantitative estimate of drug-likeness (QED) is 0.910. The van der Waals surface area contributed by atoms with E-state index in [1.54, 1.807) is 12.4 Å². The van der Waals surface area contributed by atoms with Crippen LogP contribution in [0.25, 0.3) is 0 Å². The van der Waals surface area contributed by atoms with Crippen molar-refractivity contribution in [2.75, 3.05) is 5.32 Å². The molecule has 1 amide bonds. The maximum atomic E-state index is 12.3. The van der Waals surface area contributed by atoms with Gasteiger partial charge in [-0.1, -0.05) is 25.1 Å². The van der Waals surface area contributed by atoms with Crippen molar-refractivity contribution in [2.45, 2.75) is 27.2 Å². The van der Waals surface area contributed by atoms with Crippen LogP contribution in [0.15, 0.2) is 36.7 Å². The summed E-state index contributed by atoms with van der Waals surface area (Å²) in [7, 11) is 0. The molecule has 3 heteroatoms. The number of benzene rings is 1. The van der Waals surface area contributed by atoms with Crippen molar-refractivity contribution in [1.29, 1.82) is 0 Å². The van der Waals surface area contributed by atoms with E-state index >= 15 is 0 Å². The van der Waals surface area contributed by atoms with Crippen LogP contribution < -0.4 is 5.32 Å². The number of nitrogens with one attached hydrogen (secondary N) is 1. The lowest BCUT2D eigenvalue weighted by atomic mass is 10.0. The number of carbonyl (C=O) groups excluding carboxylic acids is 1. The number of hydrogen-bond donors (Lipinski definition) is 1. The largest absolute Gasteiger partial charge is 0.321 e. The number of nitrogens with zero attached hydrogens (tertiary/aromatic N) is 1. The highest BCUT2D eigenvalue weighted by molar-refractivity contribution is 6.05. The number of para-hydroxylation sites is 1. The number of aryl methyl sites for hydroxylation is 3. The van der Waals surface area contributed by atoms with Gasteiger partial charge in [-0.2, -0.15) is 0 Å². The van der Waals surface area contributed by atoms with Crippen LogP contribution in [0.1, 0.15) is 34.0 Å². The van der Waals surface area contributed by atoms with Gasteiger partial charge >= 0.3 is 0 Å². The summed E-state index contributed by atoms with van der Waals surface area (Å²) in [5, 5.41) is 3.01. The Morgan fingerprint density at radius 3 is 2.68 bits per heavy atom. The Morgan fingerprint density at radius 2 is 2.00 bits per heavy atom. The molecule has 1 heterocycles. The molecular weight excluding hydrogens is 236 g/mol. The minimum Gasteiger partial charge on any atom is -0.321 e. The van der Waals surface area contributed by atoms with Crippen molar-refractivity contribution in [3.8, 4) is 0 Å². The molecule has 1 aromatic carbocycles. The van der Waals surface area contributed by atoms with E-state index in [4.69, 9.17) is 0 Å². The smallest absolute Gasteiger partial charge is 0.257 e. The molecule has 19 heavy (non-hydrogen) atoms. The van der Waals surface area contributed by atoms with Gasteiger partial charge in [0.15, 0.2) is 0 Å². The second-order valence-corrected chi connectivity index (χ2v) is 4.61. The predicted octanol–water partition coefficient (Wildman–Crippen LogP) is 3.51. The van der Waals surface area contributed by atoms with Gasteiger partial charge in [-0.05, 0) is 43.0 Å². The first-order chi connectivity index (χ1) is 9.13. The monoisotopic (exact) mass is 254 g/mol. The normalized spacial score (nSPS) is 10.3. The molecule has 0 aliphatic rings. The van der Waals surface area contributed by atoms with E-state index in [1.165, 1.54) is 0 Å². The molecule has 0 atom stereocenters.